The zero-order valence-corrected chi connectivity index (χ0v) is 12.4. The third-order valence-corrected chi connectivity index (χ3v) is 3.89. The first kappa shape index (κ1) is 14.9. The highest BCUT2D eigenvalue weighted by Gasteiger charge is 2.15. The van der Waals surface area contributed by atoms with Gasteiger partial charge in [0, 0.05) is 18.3 Å². The molecule has 0 bridgehead atoms. The third kappa shape index (κ3) is 4.85. The van der Waals surface area contributed by atoms with Gasteiger partial charge in [0.1, 0.15) is 0 Å². The van der Waals surface area contributed by atoms with Crippen LogP contribution in [0, 0.1) is 0 Å². The van der Waals surface area contributed by atoms with Crippen LogP contribution < -0.4 is 11.1 Å². The Morgan fingerprint density at radius 3 is 2.65 bits per heavy atom. The van der Waals surface area contributed by atoms with E-state index in [-0.39, 0.29) is 0 Å². The summed E-state index contributed by atoms with van der Waals surface area (Å²) in [5.74, 6) is 0.502. The molecule has 0 aliphatic carbocycles. The van der Waals surface area contributed by atoms with E-state index < -0.39 is 0 Å². The molecule has 1 aliphatic heterocycles. The number of rotatable bonds is 5. The van der Waals surface area contributed by atoms with Gasteiger partial charge in [0.15, 0.2) is 5.96 Å². The van der Waals surface area contributed by atoms with E-state index in [1.54, 1.807) is 0 Å². The Bertz CT molecular complexity index is 410. The van der Waals surface area contributed by atoms with Crippen LogP contribution in [0.2, 0.25) is 0 Å². The van der Waals surface area contributed by atoms with Crippen molar-refractivity contribution in [2.75, 3.05) is 25.0 Å². The minimum Gasteiger partial charge on any atom is -0.370 e. The second kappa shape index (κ2) is 7.90. The average molecular weight is 274 g/mol. The fourth-order valence-corrected chi connectivity index (χ4v) is 2.62. The Labute approximate surface area is 122 Å². The zero-order valence-electron chi connectivity index (χ0n) is 12.4. The molecule has 0 spiro atoms. The van der Waals surface area contributed by atoms with Crippen LogP contribution in [0.5, 0.6) is 0 Å². The maximum absolute atomic E-state index is 5.90. The van der Waals surface area contributed by atoms with Gasteiger partial charge in [0.05, 0.1) is 0 Å². The molecule has 1 aromatic carbocycles. The van der Waals surface area contributed by atoms with Crippen LogP contribution in [0.25, 0.3) is 0 Å². The van der Waals surface area contributed by atoms with Gasteiger partial charge in [-0.1, -0.05) is 24.6 Å². The number of nitrogens with zero attached hydrogens (tertiary/aromatic N) is 2. The second-order valence-electron chi connectivity index (χ2n) is 5.49. The normalized spacial score (nSPS) is 18.8. The number of nitrogens with two attached hydrogens (primary N) is 1. The van der Waals surface area contributed by atoms with Gasteiger partial charge in [-0.25, -0.2) is 0 Å². The molecule has 1 saturated heterocycles. The van der Waals surface area contributed by atoms with E-state index >= 15 is 0 Å². The van der Waals surface area contributed by atoms with Gasteiger partial charge in [-0.05, 0) is 51.4 Å². The maximum Gasteiger partial charge on any atom is 0.193 e. The second-order valence-corrected chi connectivity index (χ2v) is 5.49. The fraction of sp³-hybridized carbons (Fsp3) is 0.562. The molecule has 0 saturated carbocycles. The highest BCUT2D eigenvalue weighted by atomic mass is 15.2. The Morgan fingerprint density at radius 1 is 1.25 bits per heavy atom. The minimum atomic E-state index is 0.502. The number of benzene rings is 1. The largest absolute Gasteiger partial charge is 0.370 e. The molecule has 1 aromatic rings. The SMILES string of the molecule is CC(CCN=C(N)Nc1ccccc1)N1CCCCC1. The first-order chi connectivity index (χ1) is 9.75. The summed E-state index contributed by atoms with van der Waals surface area (Å²) < 4.78 is 0. The smallest absolute Gasteiger partial charge is 0.193 e. The van der Waals surface area contributed by atoms with Gasteiger partial charge in [-0.15, -0.1) is 0 Å². The minimum absolute atomic E-state index is 0.502. The standard InChI is InChI=1S/C16H26N4/c1-14(20-12-6-3-7-13-20)10-11-18-16(17)19-15-8-4-2-5-9-15/h2,4-5,8-9,14H,3,6-7,10-13H2,1H3,(H3,17,18,19). The summed E-state index contributed by atoms with van der Waals surface area (Å²) in [5, 5.41) is 3.11. The molecule has 1 heterocycles. The molecule has 1 aliphatic rings. The number of hydrogen-bond donors (Lipinski definition) is 2. The van der Waals surface area contributed by atoms with E-state index in [1.807, 2.05) is 30.3 Å². The molecule has 1 fully saturated rings. The summed E-state index contributed by atoms with van der Waals surface area (Å²) in [7, 11) is 0. The lowest BCUT2D eigenvalue weighted by Crippen LogP contribution is -2.37. The lowest BCUT2D eigenvalue weighted by atomic mass is 10.1. The Hall–Kier alpha value is -1.55. The Kier molecular flexibility index (Phi) is 5.87. The van der Waals surface area contributed by atoms with Crippen LogP contribution in [0.4, 0.5) is 5.69 Å². The van der Waals surface area contributed by atoms with E-state index in [2.05, 4.69) is 22.1 Å². The van der Waals surface area contributed by atoms with E-state index in [0.29, 0.717) is 12.0 Å². The van der Waals surface area contributed by atoms with Crippen molar-refractivity contribution in [1.29, 1.82) is 0 Å². The first-order valence-electron chi connectivity index (χ1n) is 7.62. The molecular weight excluding hydrogens is 248 g/mol. The van der Waals surface area contributed by atoms with Gasteiger partial charge in [-0.3, -0.25) is 4.99 Å². The van der Waals surface area contributed by atoms with Crippen molar-refractivity contribution in [3.05, 3.63) is 30.3 Å². The molecule has 0 aromatic heterocycles. The van der Waals surface area contributed by atoms with E-state index in [9.17, 15) is 0 Å². The van der Waals surface area contributed by atoms with Crippen molar-refractivity contribution < 1.29 is 0 Å². The number of anilines is 1. The molecular formula is C16H26N4. The lowest BCUT2D eigenvalue weighted by molar-refractivity contribution is 0.168. The number of hydrogen-bond acceptors (Lipinski definition) is 2. The van der Waals surface area contributed by atoms with Crippen molar-refractivity contribution in [2.24, 2.45) is 10.7 Å². The fourth-order valence-electron chi connectivity index (χ4n) is 2.62. The number of piperidine rings is 1. The van der Waals surface area contributed by atoms with Crippen molar-refractivity contribution in [1.82, 2.24) is 4.90 Å². The molecule has 0 amide bonds. The van der Waals surface area contributed by atoms with Crippen LogP contribution in [0.3, 0.4) is 0 Å². The highest BCUT2D eigenvalue weighted by molar-refractivity contribution is 5.92. The quantitative estimate of drug-likeness (QED) is 0.641. The number of aliphatic imine (C=N–C) groups is 1. The molecule has 4 nitrogen and oxygen atoms in total. The number of para-hydroxylation sites is 1. The molecule has 0 radical (unpaired) electrons. The monoisotopic (exact) mass is 274 g/mol. The van der Waals surface area contributed by atoms with Crippen LogP contribution in [0.1, 0.15) is 32.6 Å². The van der Waals surface area contributed by atoms with Crippen molar-refractivity contribution in [3.8, 4) is 0 Å². The zero-order chi connectivity index (χ0) is 14.2. The topological polar surface area (TPSA) is 53.6 Å². The predicted octanol–water partition coefficient (Wildman–Crippen LogP) is 2.68. The summed E-state index contributed by atoms with van der Waals surface area (Å²) >= 11 is 0. The van der Waals surface area contributed by atoms with Crippen LogP contribution in [-0.2, 0) is 0 Å². The summed E-state index contributed by atoms with van der Waals surface area (Å²) in [4.78, 5) is 6.98. The van der Waals surface area contributed by atoms with Crippen LogP contribution >= 0.6 is 0 Å². The molecule has 110 valence electrons. The van der Waals surface area contributed by atoms with Crippen LogP contribution in [-0.4, -0.2) is 36.5 Å². The van der Waals surface area contributed by atoms with Crippen LogP contribution in [0.15, 0.2) is 35.3 Å². The van der Waals surface area contributed by atoms with E-state index in [1.165, 1.54) is 32.4 Å². The molecule has 3 N–H and O–H groups in total. The summed E-state index contributed by atoms with van der Waals surface area (Å²) in [6.45, 7) is 5.55. The summed E-state index contributed by atoms with van der Waals surface area (Å²) in [6, 6.07) is 10.5. The third-order valence-electron chi connectivity index (χ3n) is 3.89. The van der Waals surface area contributed by atoms with Gasteiger partial charge in [0.2, 0.25) is 0 Å². The molecule has 4 heteroatoms. The molecule has 1 unspecified atom stereocenters. The number of likely N-dealkylation sites (tertiary alicyclic amines) is 1. The lowest BCUT2D eigenvalue weighted by Gasteiger charge is -2.32. The van der Waals surface area contributed by atoms with Gasteiger partial charge >= 0.3 is 0 Å². The van der Waals surface area contributed by atoms with E-state index in [0.717, 1.165) is 18.7 Å². The number of nitrogens with one attached hydrogen (secondary N) is 1. The maximum atomic E-state index is 5.90. The van der Waals surface area contributed by atoms with Gasteiger partial charge < -0.3 is 16.0 Å². The first-order valence-corrected chi connectivity index (χ1v) is 7.62. The highest BCUT2D eigenvalue weighted by Crippen LogP contribution is 2.13. The van der Waals surface area contributed by atoms with Crippen molar-refractivity contribution in [3.63, 3.8) is 0 Å². The Morgan fingerprint density at radius 2 is 1.95 bits per heavy atom. The van der Waals surface area contributed by atoms with Crippen molar-refractivity contribution in [2.45, 2.75) is 38.6 Å². The van der Waals surface area contributed by atoms with Gasteiger partial charge in [-0.2, -0.15) is 0 Å². The predicted molar refractivity (Wildman–Crippen MR) is 86.1 cm³/mol. The summed E-state index contributed by atoms with van der Waals surface area (Å²) in [5.41, 5.74) is 6.88. The molecule has 1 atom stereocenters. The van der Waals surface area contributed by atoms with Gasteiger partial charge in [0.25, 0.3) is 0 Å². The molecule has 2 rings (SSSR count). The summed E-state index contributed by atoms with van der Waals surface area (Å²) in [6.07, 6.45) is 5.13. The van der Waals surface area contributed by atoms with E-state index in [4.69, 9.17) is 5.73 Å². The molecule has 20 heavy (non-hydrogen) atoms. The average Bonchev–Trinajstić information content (AvgIpc) is 2.49. The Balaban J connectivity index is 1.72. The number of guanidine groups is 1. The van der Waals surface area contributed by atoms with Crippen molar-refractivity contribution >= 4 is 11.6 Å².